The molecule has 2 heterocycles. The average Bonchev–Trinajstić information content (AvgIpc) is 3.36. The van der Waals surface area contributed by atoms with Crippen LogP contribution in [0.25, 0.3) is 0 Å². The molecule has 0 bridgehead atoms. The number of rotatable bonds is 9. The van der Waals surface area contributed by atoms with Gasteiger partial charge in [-0.15, -0.1) is 11.3 Å². The third-order valence-corrected chi connectivity index (χ3v) is 6.80. The summed E-state index contributed by atoms with van der Waals surface area (Å²) in [5, 5.41) is 12.4. The number of fused-ring (bicyclic) bond motifs is 1. The number of hydrogen-bond donors (Lipinski definition) is 1. The Bertz CT molecular complexity index is 906. The fourth-order valence-corrected chi connectivity index (χ4v) is 5.21. The lowest BCUT2D eigenvalue weighted by Gasteiger charge is -2.38. The third-order valence-electron chi connectivity index (χ3n) is 5.80. The topological polar surface area (TPSA) is 53.0 Å². The highest BCUT2D eigenvalue weighted by atomic mass is 32.1. The van der Waals surface area contributed by atoms with Crippen LogP contribution in [-0.4, -0.2) is 59.2 Å². The maximum Gasteiger partial charge on any atom is 0.237 e. The Morgan fingerprint density at radius 1 is 1.35 bits per heavy atom. The molecule has 2 aliphatic rings. The number of ether oxygens (including phenoxy) is 1. The SMILES string of the molecule is CC(C)(O)CN(CC(=O)N1CCc2sccc2[C@H]1COc1cccc(F)c1)CC1CC1. The summed E-state index contributed by atoms with van der Waals surface area (Å²) in [4.78, 5) is 18.7. The molecule has 0 radical (unpaired) electrons. The first-order valence-electron chi connectivity index (χ1n) is 11.0. The molecule has 7 heteroatoms. The van der Waals surface area contributed by atoms with Crippen LogP contribution in [0.4, 0.5) is 4.39 Å². The van der Waals surface area contributed by atoms with Crippen LogP contribution in [0.3, 0.4) is 0 Å². The predicted molar refractivity (Wildman–Crippen MR) is 120 cm³/mol. The highest BCUT2D eigenvalue weighted by molar-refractivity contribution is 7.10. The molecular formula is C24H31FN2O3S. The maximum absolute atomic E-state index is 13.5. The molecular weight excluding hydrogens is 415 g/mol. The maximum atomic E-state index is 13.5. The van der Waals surface area contributed by atoms with Crippen molar-refractivity contribution in [3.8, 4) is 5.75 Å². The monoisotopic (exact) mass is 446 g/mol. The first kappa shape index (κ1) is 22.2. The molecule has 1 aromatic carbocycles. The number of hydrogen-bond acceptors (Lipinski definition) is 5. The summed E-state index contributed by atoms with van der Waals surface area (Å²) >= 11 is 1.71. The Hall–Kier alpha value is -1.96. The van der Waals surface area contributed by atoms with E-state index in [-0.39, 0.29) is 30.9 Å². The van der Waals surface area contributed by atoms with Gasteiger partial charge in [-0.1, -0.05) is 6.07 Å². The van der Waals surface area contributed by atoms with E-state index in [9.17, 15) is 14.3 Å². The molecule has 5 nitrogen and oxygen atoms in total. The third kappa shape index (κ3) is 6.05. The van der Waals surface area contributed by atoms with Crippen LogP contribution in [0.15, 0.2) is 35.7 Å². The molecule has 1 aliphatic heterocycles. The van der Waals surface area contributed by atoms with Crippen LogP contribution >= 0.6 is 11.3 Å². The van der Waals surface area contributed by atoms with E-state index in [4.69, 9.17) is 4.74 Å². The summed E-state index contributed by atoms with van der Waals surface area (Å²) in [6, 6.07) is 7.97. The number of amides is 1. The van der Waals surface area contributed by atoms with Gasteiger partial charge in [0.05, 0.1) is 18.2 Å². The van der Waals surface area contributed by atoms with Gasteiger partial charge in [0.2, 0.25) is 5.91 Å². The van der Waals surface area contributed by atoms with Crippen molar-refractivity contribution in [1.82, 2.24) is 9.80 Å². The van der Waals surface area contributed by atoms with E-state index in [0.29, 0.717) is 24.8 Å². The van der Waals surface area contributed by atoms with Crippen molar-refractivity contribution in [3.05, 3.63) is 52.0 Å². The Morgan fingerprint density at radius 2 is 2.16 bits per heavy atom. The predicted octanol–water partition coefficient (Wildman–Crippen LogP) is 3.87. The molecule has 2 aromatic rings. The minimum absolute atomic E-state index is 0.0505. The van der Waals surface area contributed by atoms with E-state index >= 15 is 0 Å². The van der Waals surface area contributed by atoms with Gasteiger partial charge < -0.3 is 14.7 Å². The van der Waals surface area contributed by atoms with Crippen molar-refractivity contribution in [2.24, 2.45) is 5.92 Å². The lowest BCUT2D eigenvalue weighted by Crippen LogP contribution is -2.49. The minimum atomic E-state index is -0.850. The molecule has 0 spiro atoms. The first-order chi connectivity index (χ1) is 14.8. The molecule has 4 rings (SSSR count). The zero-order valence-electron chi connectivity index (χ0n) is 18.2. The summed E-state index contributed by atoms with van der Waals surface area (Å²) in [5.74, 6) is 0.807. The molecule has 31 heavy (non-hydrogen) atoms. The normalized spacial score (nSPS) is 18.9. The van der Waals surface area contributed by atoms with Gasteiger partial charge in [0.15, 0.2) is 0 Å². The van der Waals surface area contributed by atoms with Crippen LogP contribution in [0.5, 0.6) is 5.75 Å². The second-order valence-electron chi connectivity index (χ2n) is 9.35. The van der Waals surface area contributed by atoms with Gasteiger partial charge in [-0.25, -0.2) is 4.39 Å². The van der Waals surface area contributed by atoms with Crippen LogP contribution < -0.4 is 4.74 Å². The summed E-state index contributed by atoms with van der Waals surface area (Å²) in [6.45, 7) is 6.10. The summed E-state index contributed by atoms with van der Waals surface area (Å²) in [6.07, 6.45) is 3.23. The Morgan fingerprint density at radius 3 is 2.87 bits per heavy atom. The van der Waals surface area contributed by atoms with Gasteiger partial charge in [0.25, 0.3) is 0 Å². The second-order valence-corrected chi connectivity index (χ2v) is 10.3. The van der Waals surface area contributed by atoms with E-state index in [0.717, 1.165) is 18.5 Å². The summed E-state index contributed by atoms with van der Waals surface area (Å²) in [7, 11) is 0. The minimum Gasteiger partial charge on any atom is -0.491 e. The molecule has 0 saturated heterocycles. The quantitative estimate of drug-likeness (QED) is 0.635. The van der Waals surface area contributed by atoms with E-state index in [1.54, 1.807) is 37.3 Å². The van der Waals surface area contributed by atoms with Crippen molar-refractivity contribution >= 4 is 17.2 Å². The summed E-state index contributed by atoms with van der Waals surface area (Å²) < 4.78 is 19.5. The molecule has 1 amide bonds. The Balaban J connectivity index is 1.48. The van der Waals surface area contributed by atoms with Crippen LogP contribution in [-0.2, 0) is 11.2 Å². The van der Waals surface area contributed by atoms with Crippen molar-refractivity contribution in [2.75, 3.05) is 32.8 Å². The molecule has 1 N–H and O–H groups in total. The molecule has 1 fully saturated rings. The fraction of sp³-hybridized carbons (Fsp3) is 0.542. The van der Waals surface area contributed by atoms with Crippen LogP contribution in [0, 0.1) is 11.7 Å². The molecule has 0 unspecified atom stereocenters. The van der Waals surface area contributed by atoms with Crippen molar-refractivity contribution in [1.29, 1.82) is 0 Å². The van der Waals surface area contributed by atoms with Gasteiger partial charge in [-0.3, -0.25) is 9.69 Å². The van der Waals surface area contributed by atoms with E-state index in [1.807, 2.05) is 4.90 Å². The van der Waals surface area contributed by atoms with Gasteiger partial charge in [-0.2, -0.15) is 0 Å². The number of nitrogens with zero attached hydrogens (tertiary/aromatic N) is 2. The lowest BCUT2D eigenvalue weighted by atomic mass is 10.00. The van der Waals surface area contributed by atoms with Gasteiger partial charge >= 0.3 is 0 Å². The van der Waals surface area contributed by atoms with Crippen molar-refractivity contribution < 1.29 is 19.0 Å². The molecule has 1 aromatic heterocycles. The molecule has 1 atom stereocenters. The van der Waals surface area contributed by atoms with Gasteiger partial charge in [-0.05, 0) is 68.2 Å². The number of thiophene rings is 1. The number of halogens is 1. The number of carbonyl (C=O) groups is 1. The highest BCUT2D eigenvalue weighted by Gasteiger charge is 2.34. The van der Waals surface area contributed by atoms with E-state index < -0.39 is 5.60 Å². The molecule has 1 saturated carbocycles. The Kier molecular flexibility index (Phi) is 6.65. The summed E-state index contributed by atoms with van der Waals surface area (Å²) in [5.41, 5.74) is 0.273. The molecule has 168 valence electrons. The number of carbonyl (C=O) groups excluding carboxylic acids is 1. The number of aliphatic hydroxyl groups is 1. The average molecular weight is 447 g/mol. The Labute approximate surface area is 187 Å². The van der Waals surface area contributed by atoms with E-state index in [2.05, 4.69) is 16.3 Å². The number of benzene rings is 1. The van der Waals surface area contributed by atoms with Gasteiger partial charge in [0.1, 0.15) is 18.2 Å². The molecule has 1 aliphatic carbocycles. The lowest BCUT2D eigenvalue weighted by molar-refractivity contribution is -0.136. The largest absolute Gasteiger partial charge is 0.491 e. The zero-order valence-corrected chi connectivity index (χ0v) is 19.0. The highest BCUT2D eigenvalue weighted by Crippen LogP contribution is 2.34. The zero-order chi connectivity index (χ0) is 22.0. The first-order valence-corrected chi connectivity index (χ1v) is 11.9. The standard InChI is InChI=1S/C24H31FN2O3S/c1-24(2,29)16-26(13-17-6-7-17)14-23(28)27-10-8-22-20(9-11-31-22)21(27)15-30-19-5-3-4-18(25)12-19/h3-5,9,11-12,17,21,29H,6-8,10,13-16H2,1-2H3/t21-/m1/s1. The van der Waals surface area contributed by atoms with Crippen molar-refractivity contribution in [2.45, 2.75) is 44.8 Å². The smallest absolute Gasteiger partial charge is 0.237 e. The second kappa shape index (κ2) is 9.27. The van der Waals surface area contributed by atoms with Gasteiger partial charge in [0, 0.05) is 30.6 Å². The van der Waals surface area contributed by atoms with Crippen LogP contribution in [0.1, 0.15) is 43.2 Å². The van der Waals surface area contributed by atoms with Crippen molar-refractivity contribution in [3.63, 3.8) is 0 Å². The van der Waals surface area contributed by atoms with Crippen LogP contribution in [0.2, 0.25) is 0 Å². The van der Waals surface area contributed by atoms with E-state index in [1.165, 1.54) is 29.9 Å². The fourth-order valence-electron chi connectivity index (χ4n) is 4.29.